The Morgan fingerprint density at radius 3 is 1.00 bits per heavy atom. The van der Waals surface area contributed by atoms with E-state index in [-0.39, 0.29) is 48.0 Å². The van der Waals surface area contributed by atoms with Gasteiger partial charge in [0.1, 0.15) is 39.4 Å². The van der Waals surface area contributed by atoms with Crippen LogP contribution < -0.4 is 10.5 Å². The van der Waals surface area contributed by atoms with Crippen molar-refractivity contribution in [1.29, 1.82) is 0 Å². The van der Waals surface area contributed by atoms with Gasteiger partial charge in [-0.3, -0.25) is 24.5 Å². The van der Waals surface area contributed by atoms with Crippen LogP contribution in [-0.2, 0) is 78.6 Å². The fourth-order valence-electron chi connectivity index (χ4n) is 7.23. The van der Waals surface area contributed by atoms with Crippen molar-refractivity contribution in [1.82, 2.24) is 0 Å². The molecule has 0 unspecified atom stereocenters. The lowest BCUT2D eigenvalue weighted by Gasteiger charge is -2.31. The molecule has 15 nitrogen and oxygen atoms in total. The first-order valence-corrected chi connectivity index (χ1v) is 37.8. The lowest BCUT2D eigenvalue weighted by molar-refractivity contribution is -0.777. The van der Waals surface area contributed by atoms with Crippen molar-refractivity contribution in [2.75, 3.05) is 65.0 Å². The fourth-order valence-corrected chi connectivity index (χ4v) is 14.8. The minimum atomic E-state index is -7.24. The number of ketones is 3. The van der Waals surface area contributed by atoms with Crippen LogP contribution in [0.1, 0.15) is 121 Å². The van der Waals surface area contributed by atoms with Crippen LogP contribution in [0.5, 0.6) is 0 Å². The van der Waals surface area contributed by atoms with Crippen LogP contribution in [0.2, 0.25) is 0 Å². The predicted octanol–water partition coefficient (Wildman–Crippen LogP) is 15.1. The molecule has 0 saturated heterocycles. The highest BCUT2D eigenvalue weighted by Gasteiger charge is 2.72. The third-order valence-corrected chi connectivity index (χ3v) is 21.5. The molecule has 0 aliphatic heterocycles. The van der Waals surface area contributed by atoms with Gasteiger partial charge < -0.3 is 25.3 Å². The Kier molecular flexibility index (Phi) is 46.7. The van der Waals surface area contributed by atoms with Crippen molar-refractivity contribution in [2.45, 2.75) is 125 Å². The zero-order valence-corrected chi connectivity index (χ0v) is 59.4. The summed E-state index contributed by atoms with van der Waals surface area (Å²) in [5.41, 5.74) is -0.550. The largest absolute Gasteiger partial charge is 0.743 e. The fraction of sp³-hybridized carbons (Fsp3) is 0.468. The predicted molar refractivity (Wildman–Crippen MR) is 342 cm³/mol. The van der Waals surface area contributed by atoms with Crippen LogP contribution in [0, 0.1) is 29.1 Å². The Balaban J connectivity index is 0.00000121. The number of benzene rings is 5. The van der Waals surface area contributed by atoms with E-state index in [9.17, 15) is 126 Å². The second-order valence-corrected chi connectivity index (χ2v) is 30.3. The molecule has 0 aliphatic carbocycles. The Labute approximate surface area is 596 Å². The smallest absolute Gasteiger partial charge is 0.483 e. The number of halogens is 20. The minimum Gasteiger partial charge on any atom is -0.743 e. The van der Waals surface area contributed by atoms with Gasteiger partial charge in [0.05, 0.1) is 48.4 Å². The van der Waals surface area contributed by atoms with E-state index in [0.29, 0.717) is 68.3 Å². The average Bonchev–Trinajstić information content (AvgIpc) is 0.765. The van der Waals surface area contributed by atoms with E-state index in [0.717, 1.165) is 22.6 Å². The van der Waals surface area contributed by atoms with E-state index in [1.54, 1.807) is 12.1 Å². The second kappa shape index (κ2) is 49.1. The first-order chi connectivity index (χ1) is 47.9. The van der Waals surface area contributed by atoms with Crippen LogP contribution >= 0.6 is 24.1 Å². The maximum atomic E-state index is 12.7. The molecule has 0 aliphatic rings. The molecule has 2 N–H and O–H groups in total. The number of carbonyl (C=O) groups is 3. The van der Waals surface area contributed by atoms with E-state index >= 15 is 0 Å². The van der Waals surface area contributed by atoms with E-state index < -0.39 is 108 Å². The molecular weight excluding hydrogens is 1560 g/mol. The Morgan fingerprint density at radius 1 is 0.447 bits per heavy atom. The molecule has 103 heavy (non-hydrogen) atoms. The number of ether oxygens (including phenoxy) is 1. The normalized spacial score (nSPS) is 12.0. The average molecular weight is 1630 g/mol. The molecule has 0 aromatic heterocycles. The number of unbranched alkanes of at least 4 members (excludes halogenated alkanes) is 4. The maximum absolute atomic E-state index is 12.7. The van der Waals surface area contributed by atoms with Crippen LogP contribution in [-0.4, -0.2) is 129 Å². The highest BCUT2D eigenvalue weighted by atomic mass is 32.2. The molecule has 584 valence electrons. The first-order valence-electron chi connectivity index (χ1n) is 29.7. The number of aliphatic hydroxyl groups excluding tert-OH is 2. The zero-order chi connectivity index (χ0) is 79.0. The molecule has 0 atom stereocenters. The summed E-state index contributed by atoms with van der Waals surface area (Å²) in [6, 6.07) is 29.4. The minimum absolute atomic E-state index is 0.0396. The Bertz CT molecular complexity index is 3200. The van der Waals surface area contributed by atoms with Gasteiger partial charge in [0.25, 0.3) is 0 Å². The number of rotatable bonds is 35. The number of hydrogen-bond donors (Lipinski definition) is 2. The molecular formula is C62H70F20O15S6. The molecule has 0 saturated carbocycles. The molecule has 5 rings (SSSR count). The van der Waals surface area contributed by atoms with Crippen LogP contribution in [0.15, 0.2) is 119 Å². The summed E-state index contributed by atoms with van der Waals surface area (Å²) in [4.78, 5) is 34.3. The second-order valence-electron chi connectivity index (χ2n) is 20.4. The number of alkyl halides is 15. The molecule has 0 radical (unpaired) electrons. The third kappa shape index (κ3) is 36.9. The summed E-state index contributed by atoms with van der Waals surface area (Å²) in [6.07, 6.45) is -20.4. The highest BCUT2D eigenvalue weighted by Crippen LogP contribution is 2.47. The molecule has 0 fully saturated rings. The van der Waals surface area contributed by atoms with Crippen molar-refractivity contribution in [2.24, 2.45) is 0 Å². The van der Waals surface area contributed by atoms with E-state index in [1.807, 2.05) is 78.9 Å². The van der Waals surface area contributed by atoms with Crippen LogP contribution in [0.25, 0.3) is 0 Å². The molecule has 5 aromatic carbocycles. The molecule has 0 spiro atoms. The van der Waals surface area contributed by atoms with Gasteiger partial charge in [0, 0.05) is 32.5 Å². The molecule has 0 heterocycles. The SMILES string of the molecule is CCCC[S+](CCCC)CC(=O)c1ccccc1.CCCC[S+](CCCC)CC(=O)c1ccccc1.O=C(C[S+](CCO)CCO)c1ccccc1.O=S(=O)([O-])C(F)(F)C(F)(F)OC(F)(F)C(F)(F)F.[O-]OOSc1c(F)c(F)c(F)c(F)c1F.[O-]OOSc1cc(C(F)(F)F)cc(C(F)(F)F)c1. The number of hydrogen-bond acceptors (Lipinski definition) is 17. The number of Topliss-reactive ketones (excluding diaryl/α,β-unsaturated/α-hetero) is 3. The topological polar surface area (TPSA) is 241 Å². The van der Waals surface area contributed by atoms with Crippen molar-refractivity contribution < 1.29 is 159 Å². The van der Waals surface area contributed by atoms with E-state index in [4.69, 9.17) is 10.2 Å². The lowest BCUT2D eigenvalue weighted by Crippen LogP contribution is -2.54. The molecule has 0 amide bonds. The van der Waals surface area contributed by atoms with Crippen LogP contribution in [0.4, 0.5) is 87.8 Å². The quantitative estimate of drug-likeness (QED) is 0.00441. The number of aliphatic hydroxyl groups is 2. The Morgan fingerprint density at radius 2 is 0.738 bits per heavy atom. The van der Waals surface area contributed by atoms with Gasteiger partial charge in [-0.2, -0.15) is 74.5 Å². The first kappa shape index (κ1) is 98.0. The van der Waals surface area contributed by atoms with Crippen molar-refractivity contribution in [3.05, 3.63) is 166 Å². The lowest BCUT2D eigenvalue weighted by atomic mass is 10.1. The standard InChI is InChI=1S/2C16H25OS.C12H17O3S.C8H4F6O3S.C6HF5O3S.C4HF9O4S/c2*1-3-5-12-18(13-6-4-2)14-16(17)15-10-8-7-9-11-15;13-6-8-16(9-7-14)10-12(15)11-4-2-1-3-5-11;9-7(10,11)4-1-5(8(12,13)14)3-6(2-4)18-17-16-15;7-1-2(8)4(10)6(15-14-13-12)5(11)3(1)9;5-1(6,7)2(8,9)17-3(10,11)4(12,13)18(14,15)16/h2*7-11H,3-6,12-14H2,1-2H3;1-5,13-14H,6-10H2;1-3,15H;12H;(H,14,15,16)/q3*+1;;;/p-3. The molecule has 0 bridgehead atoms. The highest BCUT2D eigenvalue weighted by molar-refractivity contribution is 7.98. The van der Waals surface area contributed by atoms with Crippen molar-refractivity contribution in [3.63, 3.8) is 0 Å². The van der Waals surface area contributed by atoms with Gasteiger partial charge >= 0.3 is 36.0 Å². The molecule has 5 aromatic rings. The monoisotopic (exact) mass is 1630 g/mol. The van der Waals surface area contributed by atoms with E-state index in [1.165, 1.54) is 79.1 Å². The van der Waals surface area contributed by atoms with Gasteiger partial charge in [-0.1, -0.05) is 144 Å². The summed E-state index contributed by atoms with van der Waals surface area (Å²) < 4.78 is 281. The third-order valence-electron chi connectivity index (χ3n) is 12.5. The van der Waals surface area contributed by atoms with Gasteiger partial charge in [-0.05, 0) is 65.7 Å². The van der Waals surface area contributed by atoms with Gasteiger partial charge in [0.2, 0.25) is 23.2 Å². The maximum Gasteiger partial charge on any atom is 0.483 e. The van der Waals surface area contributed by atoms with Gasteiger partial charge in [-0.25, -0.2) is 35.1 Å². The van der Waals surface area contributed by atoms with E-state index in [2.05, 4.69) is 46.4 Å². The summed E-state index contributed by atoms with van der Waals surface area (Å²) in [5.74, 6) is -1.98. The van der Waals surface area contributed by atoms with Gasteiger partial charge in [-0.15, -0.1) is 0 Å². The number of carbonyl (C=O) groups excluding carboxylic acids is 3. The summed E-state index contributed by atoms with van der Waals surface area (Å²) in [5, 5.41) is 35.3. The summed E-state index contributed by atoms with van der Waals surface area (Å²) >= 11 is -0.474. The van der Waals surface area contributed by atoms with Gasteiger partial charge in [0.15, 0.2) is 50.6 Å². The zero-order valence-electron chi connectivity index (χ0n) is 54.5. The van der Waals surface area contributed by atoms with Crippen molar-refractivity contribution >= 4 is 84.2 Å². The Hall–Kier alpha value is -4.99. The molecule has 41 heteroatoms. The van der Waals surface area contributed by atoms with Crippen molar-refractivity contribution in [3.8, 4) is 0 Å². The summed E-state index contributed by atoms with van der Waals surface area (Å²) in [7, 11) is -6.85. The summed E-state index contributed by atoms with van der Waals surface area (Å²) in [6.45, 7) is 9.04. The van der Waals surface area contributed by atoms with Crippen LogP contribution in [0.3, 0.4) is 0 Å².